The number of furan rings is 1. The van der Waals surface area contributed by atoms with Crippen LogP contribution < -0.4 is 5.32 Å². The molecule has 28 heavy (non-hydrogen) atoms. The van der Waals surface area contributed by atoms with E-state index in [0.717, 1.165) is 5.56 Å². The number of rotatable bonds is 6. The highest BCUT2D eigenvalue weighted by atomic mass is 16.4. The quantitative estimate of drug-likeness (QED) is 0.796. The zero-order chi connectivity index (χ0) is 20.1. The Labute approximate surface area is 163 Å². The van der Waals surface area contributed by atoms with Crippen molar-refractivity contribution in [1.29, 1.82) is 0 Å². The lowest BCUT2D eigenvalue weighted by Crippen LogP contribution is -2.57. The van der Waals surface area contributed by atoms with Crippen molar-refractivity contribution in [3.63, 3.8) is 0 Å². The van der Waals surface area contributed by atoms with E-state index in [1.807, 2.05) is 30.3 Å². The fourth-order valence-electron chi connectivity index (χ4n) is 3.50. The first-order valence-electron chi connectivity index (χ1n) is 9.30. The Morgan fingerprint density at radius 2 is 2.00 bits per heavy atom. The van der Waals surface area contributed by atoms with Gasteiger partial charge in [0.15, 0.2) is 0 Å². The van der Waals surface area contributed by atoms with Gasteiger partial charge in [-0.1, -0.05) is 30.3 Å². The Bertz CT molecular complexity index is 834. The van der Waals surface area contributed by atoms with E-state index in [1.165, 1.54) is 19.5 Å². The second-order valence-electron chi connectivity index (χ2n) is 7.39. The van der Waals surface area contributed by atoms with Gasteiger partial charge in [-0.05, 0) is 31.4 Å². The van der Waals surface area contributed by atoms with Gasteiger partial charge in [0, 0.05) is 19.5 Å². The molecule has 1 aliphatic heterocycles. The van der Waals surface area contributed by atoms with E-state index < -0.39 is 17.4 Å². The lowest BCUT2D eigenvalue weighted by atomic mass is 9.90. The summed E-state index contributed by atoms with van der Waals surface area (Å²) in [6.45, 7) is 2.34. The van der Waals surface area contributed by atoms with E-state index in [4.69, 9.17) is 4.42 Å². The molecule has 1 saturated heterocycles. The standard InChI is InChI=1S/C21H24N2O5/c1-21(20(26)27,12-15-6-3-2-4-7-15)22-18(24)16-8-5-10-23(13-16)19(25)17-9-11-28-14-17/h2-4,6-7,9,11,14,16H,5,8,10,12-13H2,1H3,(H,22,24)(H,26,27)/t16-,21-/m0/s1. The van der Waals surface area contributed by atoms with E-state index in [2.05, 4.69) is 5.32 Å². The van der Waals surface area contributed by atoms with Crippen molar-refractivity contribution < 1.29 is 23.9 Å². The average molecular weight is 384 g/mol. The molecule has 148 valence electrons. The lowest BCUT2D eigenvalue weighted by molar-refractivity contribution is -0.147. The second kappa shape index (κ2) is 8.29. The molecule has 0 aliphatic carbocycles. The number of carboxylic acid groups (broad SMARTS) is 1. The third-order valence-corrected chi connectivity index (χ3v) is 5.12. The number of piperidine rings is 1. The third kappa shape index (κ3) is 4.42. The SMILES string of the molecule is C[C@@](Cc1ccccc1)(NC(=O)[C@H]1CCCN(C(=O)c2ccoc2)C1)C(=O)O. The number of hydrogen-bond acceptors (Lipinski definition) is 4. The van der Waals surface area contributed by atoms with Crippen LogP contribution in [-0.4, -0.2) is 46.4 Å². The number of carboxylic acids is 1. The second-order valence-corrected chi connectivity index (χ2v) is 7.39. The first kappa shape index (κ1) is 19.7. The summed E-state index contributed by atoms with van der Waals surface area (Å²) in [6.07, 6.45) is 4.29. The van der Waals surface area contributed by atoms with Crippen LogP contribution in [0.15, 0.2) is 53.3 Å². The molecule has 2 heterocycles. The van der Waals surface area contributed by atoms with E-state index in [1.54, 1.807) is 11.0 Å². The number of benzene rings is 1. The Morgan fingerprint density at radius 1 is 1.25 bits per heavy atom. The van der Waals surface area contributed by atoms with Gasteiger partial charge in [-0.2, -0.15) is 0 Å². The molecule has 2 aromatic rings. The van der Waals surface area contributed by atoms with E-state index in [-0.39, 0.29) is 24.8 Å². The van der Waals surface area contributed by atoms with E-state index >= 15 is 0 Å². The van der Waals surface area contributed by atoms with Crippen molar-refractivity contribution in [2.75, 3.05) is 13.1 Å². The Kier molecular flexibility index (Phi) is 5.82. The van der Waals surface area contributed by atoms with Crippen LogP contribution >= 0.6 is 0 Å². The highest BCUT2D eigenvalue weighted by Gasteiger charge is 2.38. The van der Waals surface area contributed by atoms with Gasteiger partial charge < -0.3 is 19.7 Å². The van der Waals surface area contributed by atoms with Crippen molar-refractivity contribution >= 4 is 17.8 Å². The maximum absolute atomic E-state index is 12.8. The first-order valence-corrected chi connectivity index (χ1v) is 9.30. The lowest BCUT2D eigenvalue weighted by Gasteiger charge is -2.34. The molecule has 0 saturated carbocycles. The van der Waals surface area contributed by atoms with E-state index in [9.17, 15) is 19.5 Å². The molecule has 0 radical (unpaired) electrons. The smallest absolute Gasteiger partial charge is 0.329 e. The summed E-state index contributed by atoms with van der Waals surface area (Å²) in [5, 5.41) is 12.4. The third-order valence-electron chi connectivity index (χ3n) is 5.12. The first-order chi connectivity index (χ1) is 13.4. The van der Waals surface area contributed by atoms with Crippen LogP contribution in [0.1, 0.15) is 35.7 Å². The van der Waals surface area contributed by atoms with Crippen LogP contribution in [0.5, 0.6) is 0 Å². The van der Waals surface area contributed by atoms with Gasteiger partial charge >= 0.3 is 5.97 Å². The van der Waals surface area contributed by atoms with Crippen molar-refractivity contribution in [3.8, 4) is 0 Å². The summed E-state index contributed by atoms with van der Waals surface area (Å²) in [5.74, 6) is -2.06. The summed E-state index contributed by atoms with van der Waals surface area (Å²) >= 11 is 0. The number of nitrogens with one attached hydrogen (secondary N) is 1. The van der Waals surface area contributed by atoms with Crippen molar-refractivity contribution in [3.05, 3.63) is 60.1 Å². The van der Waals surface area contributed by atoms with Gasteiger partial charge in [-0.3, -0.25) is 9.59 Å². The van der Waals surface area contributed by atoms with Crippen molar-refractivity contribution in [1.82, 2.24) is 10.2 Å². The van der Waals surface area contributed by atoms with Crippen LogP contribution in [0, 0.1) is 5.92 Å². The van der Waals surface area contributed by atoms with E-state index in [0.29, 0.717) is 24.9 Å². The Balaban J connectivity index is 1.67. The Hall–Kier alpha value is -3.09. The van der Waals surface area contributed by atoms with Gasteiger partial charge in [-0.15, -0.1) is 0 Å². The minimum atomic E-state index is -1.42. The number of hydrogen-bond donors (Lipinski definition) is 2. The predicted molar refractivity (Wildman–Crippen MR) is 102 cm³/mol. The van der Waals surface area contributed by atoms with Crippen molar-refractivity contribution in [2.24, 2.45) is 5.92 Å². The normalized spacial score (nSPS) is 18.9. The van der Waals surface area contributed by atoms with Crippen LogP contribution in [0.3, 0.4) is 0 Å². The average Bonchev–Trinajstić information content (AvgIpc) is 3.23. The molecule has 0 spiro atoms. The number of carbonyl (C=O) groups is 3. The monoisotopic (exact) mass is 384 g/mol. The molecule has 0 bridgehead atoms. The molecule has 1 fully saturated rings. The van der Waals surface area contributed by atoms with Gasteiger partial charge in [0.05, 0.1) is 17.7 Å². The van der Waals surface area contributed by atoms with Crippen LogP contribution in [0.25, 0.3) is 0 Å². The Morgan fingerprint density at radius 3 is 2.64 bits per heavy atom. The summed E-state index contributed by atoms with van der Waals surface area (Å²) < 4.78 is 4.96. The summed E-state index contributed by atoms with van der Waals surface area (Å²) in [6, 6.07) is 10.8. The predicted octanol–water partition coefficient (Wildman–Crippen LogP) is 2.33. The van der Waals surface area contributed by atoms with Crippen LogP contribution in [0.4, 0.5) is 0 Å². The molecule has 0 unspecified atom stereocenters. The molecule has 2 amide bonds. The van der Waals surface area contributed by atoms with Gasteiger partial charge in [0.1, 0.15) is 11.8 Å². The number of aliphatic carboxylic acids is 1. The number of nitrogens with zero attached hydrogens (tertiary/aromatic N) is 1. The molecule has 1 aromatic carbocycles. The number of carbonyl (C=O) groups excluding carboxylic acids is 2. The molecule has 1 aliphatic rings. The molecular weight excluding hydrogens is 360 g/mol. The maximum atomic E-state index is 12.8. The summed E-state index contributed by atoms with van der Waals surface area (Å²) in [7, 11) is 0. The van der Waals surface area contributed by atoms with Crippen LogP contribution in [0.2, 0.25) is 0 Å². The topological polar surface area (TPSA) is 99.9 Å². The molecule has 2 atom stereocenters. The largest absolute Gasteiger partial charge is 0.480 e. The summed E-state index contributed by atoms with van der Waals surface area (Å²) in [4.78, 5) is 38.8. The maximum Gasteiger partial charge on any atom is 0.329 e. The zero-order valence-corrected chi connectivity index (χ0v) is 15.8. The molecule has 7 heteroatoms. The zero-order valence-electron chi connectivity index (χ0n) is 15.8. The molecule has 2 N–H and O–H groups in total. The molecule has 3 rings (SSSR count). The summed E-state index contributed by atoms with van der Waals surface area (Å²) in [5.41, 5.74) is -0.149. The number of likely N-dealkylation sites (tertiary alicyclic amines) is 1. The molecule has 1 aromatic heterocycles. The fraction of sp³-hybridized carbons (Fsp3) is 0.381. The minimum Gasteiger partial charge on any atom is -0.480 e. The van der Waals surface area contributed by atoms with Gasteiger partial charge in [0.2, 0.25) is 5.91 Å². The fourth-order valence-corrected chi connectivity index (χ4v) is 3.50. The highest BCUT2D eigenvalue weighted by Crippen LogP contribution is 2.21. The molecule has 7 nitrogen and oxygen atoms in total. The highest BCUT2D eigenvalue weighted by molar-refractivity contribution is 5.94. The van der Waals surface area contributed by atoms with Crippen molar-refractivity contribution in [2.45, 2.75) is 31.7 Å². The molecular formula is C21H24N2O5. The van der Waals surface area contributed by atoms with Gasteiger partial charge in [0.25, 0.3) is 5.91 Å². The van der Waals surface area contributed by atoms with Crippen LogP contribution in [-0.2, 0) is 16.0 Å². The number of amides is 2. The van der Waals surface area contributed by atoms with Gasteiger partial charge in [-0.25, -0.2) is 4.79 Å². The minimum absolute atomic E-state index is 0.180.